The molecular formula is C13H25N3O3S. The van der Waals surface area contributed by atoms with Gasteiger partial charge >= 0.3 is 0 Å². The molecular weight excluding hydrogens is 278 g/mol. The number of likely N-dealkylation sites (N-methyl/N-ethyl adjacent to an activating group) is 1. The maximum Gasteiger partial charge on any atom is 0.238 e. The SMILES string of the molecule is CN(CCNC(=O)C1CCCCN1S(C)(=O)=O)C1CC1. The summed E-state index contributed by atoms with van der Waals surface area (Å²) in [5.74, 6) is -0.153. The van der Waals surface area contributed by atoms with Gasteiger partial charge < -0.3 is 10.2 Å². The minimum absolute atomic E-state index is 0.153. The predicted octanol–water partition coefficient (Wildman–Crippen LogP) is 0.0109. The Morgan fingerprint density at radius 1 is 1.30 bits per heavy atom. The van der Waals surface area contributed by atoms with Crippen molar-refractivity contribution in [3.63, 3.8) is 0 Å². The summed E-state index contributed by atoms with van der Waals surface area (Å²) in [6, 6.07) is 0.152. The van der Waals surface area contributed by atoms with E-state index in [1.54, 1.807) is 0 Å². The highest BCUT2D eigenvalue weighted by Crippen LogP contribution is 2.24. The lowest BCUT2D eigenvalue weighted by Crippen LogP contribution is -2.52. The lowest BCUT2D eigenvalue weighted by molar-refractivity contribution is -0.125. The van der Waals surface area contributed by atoms with E-state index in [-0.39, 0.29) is 5.91 Å². The average Bonchev–Trinajstić information content (AvgIpc) is 3.21. The Morgan fingerprint density at radius 3 is 2.60 bits per heavy atom. The Morgan fingerprint density at radius 2 is 2.00 bits per heavy atom. The summed E-state index contributed by atoms with van der Waals surface area (Å²) >= 11 is 0. The molecule has 0 aromatic carbocycles. The van der Waals surface area contributed by atoms with Gasteiger partial charge in [0.15, 0.2) is 0 Å². The van der Waals surface area contributed by atoms with Gasteiger partial charge in [-0.25, -0.2) is 8.42 Å². The van der Waals surface area contributed by atoms with Gasteiger partial charge in [-0.2, -0.15) is 4.31 Å². The maximum atomic E-state index is 12.2. The highest BCUT2D eigenvalue weighted by molar-refractivity contribution is 7.88. The van der Waals surface area contributed by atoms with E-state index in [0.29, 0.717) is 25.6 Å². The van der Waals surface area contributed by atoms with E-state index in [0.717, 1.165) is 19.4 Å². The van der Waals surface area contributed by atoms with Gasteiger partial charge in [-0.1, -0.05) is 6.42 Å². The summed E-state index contributed by atoms with van der Waals surface area (Å²) in [6.07, 6.45) is 6.04. The maximum absolute atomic E-state index is 12.2. The van der Waals surface area contributed by atoms with Gasteiger partial charge in [0.1, 0.15) is 6.04 Å². The van der Waals surface area contributed by atoms with Gasteiger partial charge in [0.2, 0.25) is 15.9 Å². The van der Waals surface area contributed by atoms with Gasteiger partial charge in [-0.15, -0.1) is 0 Å². The summed E-state index contributed by atoms with van der Waals surface area (Å²) in [6.45, 7) is 1.86. The third-order valence-corrected chi connectivity index (χ3v) is 5.41. The van der Waals surface area contributed by atoms with Crippen LogP contribution in [0.4, 0.5) is 0 Å². The molecule has 116 valence electrons. The minimum atomic E-state index is -3.30. The second-order valence-corrected chi connectivity index (χ2v) is 7.82. The van der Waals surface area contributed by atoms with Gasteiger partial charge in [0, 0.05) is 25.7 Å². The predicted molar refractivity (Wildman–Crippen MR) is 77.9 cm³/mol. The molecule has 0 radical (unpaired) electrons. The quantitative estimate of drug-likeness (QED) is 0.750. The molecule has 0 aromatic heterocycles. The van der Waals surface area contributed by atoms with Crippen molar-refractivity contribution in [2.24, 2.45) is 0 Å². The second kappa shape index (κ2) is 6.41. The van der Waals surface area contributed by atoms with Crippen LogP contribution in [0.2, 0.25) is 0 Å². The summed E-state index contributed by atoms with van der Waals surface area (Å²) in [5, 5.41) is 2.88. The van der Waals surface area contributed by atoms with Crippen LogP contribution >= 0.6 is 0 Å². The summed E-state index contributed by atoms with van der Waals surface area (Å²) in [4.78, 5) is 14.4. The molecule has 6 nitrogen and oxygen atoms in total. The van der Waals surface area contributed by atoms with Crippen LogP contribution in [-0.4, -0.2) is 68.6 Å². The van der Waals surface area contributed by atoms with E-state index < -0.39 is 16.1 Å². The molecule has 1 saturated carbocycles. The molecule has 1 aliphatic carbocycles. The Hall–Kier alpha value is -0.660. The van der Waals surface area contributed by atoms with Crippen LogP contribution in [0.1, 0.15) is 32.1 Å². The number of nitrogens with one attached hydrogen (secondary N) is 1. The number of carbonyl (C=O) groups excluding carboxylic acids is 1. The molecule has 2 rings (SSSR count). The third kappa shape index (κ3) is 4.17. The van der Waals surface area contributed by atoms with Crippen LogP contribution in [0.3, 0.4) is 0 Å². The molecule has 1 saturated heterocycles. The van der Waals surface area contributed by atoms with Crippen molar-refractivity contribution in [2.75, 3.05) is 32.9 Å². The van der Waals surface area contributed by atoms with Crippen molar-refractivity contribution in [3.8, 4) is 0 Å². The first-order valence-corrected chi connectivity index (χ1v) is 9.19. The zero-order valence-corrected chi connectivity index (χ0v) is 13.2. The van der Waals surface area contributed by atoms with Gasteiger partial charge in [-0.05, 0) is 32.7 Å². The first-order valence-electron chi connectivity index (χ1n) is 7.34. The zero-order chi connectivity index (χ0) is 14.8. The third-order valence-electron chi connectivity index (χ3n) is 4.12. The van der Waals surface area contributed by atoms with Crippen LogP contribution < -0.4 is 5.32 Å². The number of hydrogen-bond donors (Lipinski definition) is 1. The summed E-state index contributed by atoms with van der Waals surface area (Å²) in [7, 11) is -1.24. The molecule has 0 aromatic rings. The minimum Gasteiger partial charge on any atom is -0.353 e. The van der Waals surface area contributed by atoms with Crippen molar-refractivity contribution in [3.05, 3.63) is 0 Å². The van der Waals surface area contributed by atoms with Crippen molar-refractivity contribution in [1.82, 2.24) is 14.5 Å². The van der Waals surface area contributed by atoms with E-state index in [4.69, 9.17) is 0 Å². The second-order valence-electron chi connectivity index (χ2n) is 5.89. The fourth-order valence-electron chi connectivity index (χ4n) is 2.74. The molecule has 2 fully saturated rings. The number of rotatable bonds is 6. The number of carbonyl (C=O) groups is 1. The number of nitrogens with zero attached hydrogens (tertiary/aromatic N) is 2. The van der Waals surface area contributed by atoms with Gasteiger partial charge in [0.25, 0.3) is 0 Å². The molecule has 1 heterocycles. The highest BCUT2D eigenvalue weighted by atomic mass is 32.2. The molecule has 20 heavy (non-hydrogen) atoms. The number of piperidine rings is 1. The van der Waals surface area contributed by atoms with E-state index >= 15 is 0 Å². The van der Waals surface area contributed by atoms with Crippen molar-refractivity contribution < 1.29 is 13.2 Å². The Bertz CT molecular complexity index is 448. The van der Waals surface area contributed by atoms with Crippen LogP contribution in [0.5, 0.6) is 0 Å². The topological polar surface area (TPSA) is 69.7 Å². The molecule has 1 unspecified atom stereocenters. The lowest BCUT2D eigenvalue weighted by Gasteiger charge is -2.32. The fraction of sp³-hybridized carbons (Fsp3) is 0.923. The number of hydrogen-bond acceptors (Lipinski definition) is 4. The zero-order valence-electron chi connectivity index (χ0n) is 12.3. The van der Waals surface area contributed by atoms with E-state index in [9.17, 15) is 13.2 Å². The van der Waals surface area contributed by atoms with Crippen LogP contribution in [0.25, 0.3) is 0 Å². The van der Waals surface area contributed by atoms with Crippen LogP contribution in [0.15, 0.2) is 0 Å². The van der Waals surface area contributed by atoms with Crippen molar-refractivity contribution >= 4 is 15.9 Å². The molecule has 1 N–H and O–H groups in total. The smallest absolute Gasteiger partial charge is 0.238 e. The van der Waals surface area contributed by atoms with E-state index in [1.165, 1.54) is 23.4 Å². The fourth-order valence-corrected chi connectivity index (χ4v) is 3.86. The standard InChI is InChI=1S/C13H25N3O3S/c1-15(11-6-7-11)10-8-14-13(17)12-5-3-4-9-16(12)20(2,18)19/h11-12H,3-10H2,1-2H3,(H,14,17). The molecule has 1 aliphatic heterocycles. The van der Waals surface area contributed by atoms with Crippen molar-refractivity contribution in [1.29, 1.82) is 0 Å². The number of amides is 1. The average molecular weight is 303 g/mol. The van der Waals surface area contributed by atoms with Crippen LogP contribution in [-0.2, 0) is 14.8 Å². The molecule has 1 atom stereocenters. The Kier molecular flexibility index (Phi) is 5.04. The van der Waals surface area contributed by atoms with Gasteiger partial charge in [-0.3, -0.25) is 4.79 Å². The first-order chi connectivity index (χ1) is 9.39. The lowest BCUT2D eigenvalue weighted by atomic mass is 10.0. The van der Waals surface area contributed by atoms with E-state index in [1.807, 2.05) is 0 Å². The highest BCUT2D eigenvalue weighted by Gasteiger charge is 2.34. The molecule has 0 bridgehead atoms. The summed E-state index contributed by atoms with van der Waals surface area (Å²) in [5.41, 5.74) is 0. The van der Waals surface area contributed by atoms with Crippen LogP contribution in [0, 0.1) is 0 Å². The van der Waals surface area contributed by atoms with Crippen molar-refractivity contribution in [2.45, 2.75) is 44.2 Å². The largest absolute Gasteiger partial charge is 0.353 e. The van der Waals surface area contributed by atoms with E-state index in [2.05, 4.69) is 17.3 Å². The first kappa shape index (κ1) is 15.7. The normalized spacial score (nSPS) is 24.9. The molecule has 0 spiro atoms. The summed E-state index contributed by atoms with van der Waals surface area (Å²) < 4.78 is 24.8. The van der Waals surface area contributed by atoms with Gasteiger partial charge in [0.05, 0.1) is 6.26 Å². The Labute approximate surface area is 121 Å². The monoisotopic (exact) mass is 303 g/mol. The number of sulfonamides is 1. The Balaban J connectivity index is 1.82. The molecule has 1 amide bonds. The molecule has 7 heteroatoms. The molecule has 2 aliphatic rings.